The monoisotopic (exact) mass is 289 g/mol. The summed E-state index contributed by atoms with van der Waals surface area (Å²) in [5, 5.41) is 3.68. The first-order valence-electron chi connectivity index (χ1n) is 8.62. The van der Waals surface area contributed by atoms with Crippen molar-refractivity contribution >= 4 is 0 Å². The fourth-order valence-corrected chi connectivity index (χ4v) is 3.37. The molecule has 2 nitrogen and oxygen atoms in total. The Hall–Kier alpha value is -0.860. The Kier molecular flexibility index (Phi) is 6.25. The largest absolute Gasteiger partial charge is 0.376 e. The van der Waals surface area contributed by atoms with Gasteiger partial charge in [-0.3, -0.25) is 0 Å². The van der Waals surface area contributed by atoms with Crippen LogP contribution in [0.25, 0.3) is 0 Å². The Labute approximate surface area is 130 Å². The third-order valence-electron chi connectivity index (χ3n) is 4.64. The van der Waals surface area contributed by atoms with E-state index in [1.165, 1.54) is 24.8 Å². The van der Waals surface area contributed by atoms with Crippen LogP contribution in [0.2, 0.25) is 0 Å². The summed E-state index contributed by atoms with van der Waals surface area (Å²) in [6.45, 7) is 10.5. The van der Waals surface area contributed by atoms with Crippen LogP contribution in [0, 0.1) is 5.92 Å². The van der Waals surface area contributed by atoms with E-state index in [2.05, 4.69) is 57.3 Å². The van der Waals surface area contributed by atoms with E-state index < -0.39 is 0 Å². The van der Waals surface area contributed by atoms with Crippen LogP contribution < -0.4 is 5.32 Å². The Morgan fingerprint density at radius 3 is 2.43 bits per heavy atom. The summed E-state index contributed by atoms with van der Waals surface area (Å²) in [5.74, 6) is 1.26. The quantitative estimate of drug-likeness (QED) is 0.751. The third kappa shape index (κ3) is 3.87. The second kappa shape index (κ2) is 7.95. The van der Waals surface area contributed by atoms with Crippen molar-refractivity contribution in [1.82, 2.24) is 5.32 Å². The first kappa shape index (κ1) is 16.5. The van der Waals surface area contributed by atoms with Crippen molar-refractivity contribution in [2.75, 3.05) is 13.2 Å². The van der Waals surface area contributed by atoms with E-state index in [9.17, 15) is 0 Å². The number of rotatable bonds is 8. The molecule has 0 aromatic heterocycles. The van der Waals surface area contributed by atoms with E-state index >= 15 is 0 Å². The lowest BCUT2D eigenvalue weighted by molar-refractivity contribution is 0.00282. The predicted molar refractivity (Wildman–Crippen MR) is 89.7 cm³/mol. The summed E-state index contributed by atoms with van der Waals surface area (Å²) in [4.78, 5) is 0. The molecule has 1 aliphatic carbocycles. The summed E-state index contributed by atoms with van der Waals surface area (Å²) in [6.07, 6.45) is 4.30. The fourth-order valence-electron chi connectivity index (χ4n) is 3.37. The zero-order valence-corrected chi connectivity index (χ0v) is 14.1. The van der Waals surface area contributed by atoms with Gasteiger partial charge in [-0.2, -0.15) is 0 Å². The molecule has 21 heavy (non-hydrogen) atoms. The molecule has 0 amide bonds. The summed E-state index contributed by atoms with van der Waals surface area (Å²) in [7, 11) is 0. The lowest BCUT2D eigenvalue weighted by atomic mass is 9.76. The highest BCUT2D eigenvalue weighted by Gasteiger charge is 2.30. The van der Waals surface area contributed by atoms with Crippen molar-refractivity contribution in [3.63, 3.8) is 0 Å². The Balaban J connectivity index is 2.32. The van der Waals surface area contributed by atoms with Crippen LogP contribution in [-0.4, -0.2) is 19.3 Å². The van der Waals surface area contributed by atoms with E-state index in [4.69, 9.17) is 4.74 Å². The zero-order valence-electron chi connectivity index (χ0n) is 14.1. The zero-order chi connectivity index (χ0) is 15.2. The minimum absolute atomic E-state index is 0.233. The van der Waals surface area contributed by atoms with Crippen molar-refractivity contribution in [2.45, 2.75) is 65.0 Å². The van der Waals surface area contributed by atoms with Crippen LogP contribution in [0.4, 0.5) is 0 Å². The molecule has 1 aromatic carbocycles. The smallest absolute Gasteiger partial charge is 0.0792 e. The highest BCUT2D eigenvalue weighted by atomic mass is 16.5. The molecule has 0 bridgehead atoms. The molecule has 2 unspecified atom stereocenters. The van der Waals surface area contributed by atoms with Gasteiger partial charge in [-0.1, -0.05) is 51.5 Å². The van der Waals surface area contributed by atoms with Crippen molar-refractivity contribution in [3.8, 4) is 0 Å². The van der Waals surface area contributed by atoms with Gasteiger partial charge in [-0.25, -0.2) is 0 Å². The fraction of sp³-hybridized carbons (Fsp3) is 0.684. The molecule has 0 saturated heterocycles. The van der Waals surface area contributed by atoms with Gasteiger partial charge in [0.1, 0.15) is 0 Å². The topological polar surface area (TPSA) is 21.3 Å². The molecule has 2 atom stereocenters. The summed E-state index contributed by atoms with van der Waals surface area (Å²) in [5.41, 5.74) is 3.00. The summed E-state index contributed by atoms with van der Waals surface area (Å²) in [6, 6.07) is 9.28. The third-order valence-corrected chi connectivity index (χ3v) is 4.64. The molecule has 0 spiro atoms. The van der Waals surface area contributed by atoms with Gasteiger partial charge in [0.05, 0.1) is 12.1 Å². The van der Waals surface area contributed by atoms with Crippen molar-refractivity contribution in [3.05, 3.63) is 35.4 Å². The average Bonchev–Trinajstić information content (AvgIpc) is 2.41. The first-order chi connectivity index (χ1) is 10.2. The number of nitrogens with one attached hydrogen (secondary N) is 1. The van der Waals surface area contributed by atoms with Crippen molar-refractivity contribution in [2.24, 2.45) is 5.92 Å². The Morgan fingerprint density at radius 2 is 1.90 bits per heavy atom. The normalized spacial score (nSPS) is 18.5. The number of ether oxygens (including phenoxy) is 1. The molecule has 1 fully saturated rings. The molecular weight excluding hydrogens is 258 g/mol. The SMILES string of the molecule is CCNC(c1ccccc1C1CCC1)C(OCC)C(C)C. The second-order valence-corrected chi connectivity index (χ2v) is 6.46. The summed E-state index contributed by atoms with van der Waals surface area (Å²) >= 11 is 0. The molecule has 1 aliphatic rings. The van der Waals surface area contributed by atoms with Crippen LogP contribution in [0.3, 0.4) is 0 Å². The van der Waals surface area contributed by atoms with Crippen LogP contribution in [0.1, 0.15) is 70.0 Å². The van der Waals surface area contributed by atoms with E-state index in [1.54, 1.807) is 5.56 Å². The highest BCUT2D eigenvalue weighted by molar-refractivity contribution is 5.35. The van der Waals surface area contributed by atoms with Gasteiger partial charge in [0.15, 0.2) is 0 Å². The number of benzene rings is 1. The van der Waals surface area contributed by atoms with Crippen LogP contribution in [0.15, 0.2) is 24.3 Å². The van der Waals surface area contributed by atoms with Crippen molar-refractivity contribution < 1.29 is 4.74 Å². The van der Waals surface area contributed by atoms with Crippen LogP contribution in [0.5, 0.6) is 0 Å². The maximum Gasteiger partial charge on any atom is 0.0792 e. The van der Waals surface area contributed by atoms with Gasteiger partial charge in [-0.05, 0) is 49.3 Å². The van der Waals surface area contributed by atoms with Gasteiger partial charge in [0.25, 0.3) is 0 Å². The average molecular weight is 289 g/mol. The Morgan fingerprint density at radius 1 is 1.19 bits per heavy atom. The molecule has 0 radical (unpaired) electrons. The second-order valence-electron chi connectivity index (χ2n) is 6.46. The predicted octanol–water partition coefficient (Wildman–Crippen LogP) is 4.67. The molecule has 1 N–H and O–H groups in total. The Bertz CT molecular complexity index is 425. The molecule has 1 saturated carbocycles. The standard InChI is InChI=1S/C19H31NO/c1-5-20-18(19(14(3)4)21-6-2)17-13-8-7-12-16(17)15-10-9-11-15/h7-8,12-15,18-20H,5-6,9-11H2,1-4H3. The lowest BCUT2D eigenvalue weighted by Crippen LogP contribution is -2.38. The minimum Gasteiger partial charge on any atom is -0.376 e. The highest BCUT2D eigenvalue weighted by Crippen LogP contribution is 2.40. The lowest BCUT2D eigenvalue weighted by Gasteiger charge is -2.35. The molecule has 1 aromatic rings. The number of hydrogen-bond donors (Lipinski definition) is 1. The van der Waals surface area contributed by atoms with E-state index in [0.717, 1.165) is 19.1 Å². The molecule has 0 heterocycles. The van der Waals surface area contributed by atoms with E-state index in [-0.39, 0.29) is 6.10 Å². The molecule has 118 valence electrons. The van der Waals surface area contributed by atoms with E-state index in [1.807, 2.05) is 0 Å². The molecule has 0 aliphatic heterocycles. The van der Waals surface area contributed by atoms with Gasteiger partial charge >= 0.3 is 0 Å². The maximum atomic E-state index is 6.10. The molecular formula is C19H31NO. The van der Waals surface area contributed by atoms with Crippen LogP contribution in [-0.2, 0) is 4.74 Å². The maximum absolute atomic E-state index is 6.10. The molecule has 2 heteroatoms. The van der Waals surface area contributed by atoms with Crippen LogP contribution >= 0.6 is 0 Å². The minimum atomic E-state index is 0.233. The van der Waals surface area contributed by atoms with E-state index in [0.29, 0.717) is 12.0 Å². The summed E-state index contributed by atoms with van der Waals surface area (Å²) < 4.78 is 6.10. The van der Waals surface area contributed by atoms with Gasteiger partial charge < -0.3 is 10.1 Å². The number of likely N-dealkylation sites (N-methyl/N-ethyl adjacent to an activating group) is 1. The molecule has 2 rings (SSSR count). The van der Waals surface area contributed by atoms with Gasteiger partial charge in [0.2, 0.25) is 0 Å². The first-order valence-corrected chi connectivity index (χ1v) is 8.62. The van der Waals surface area contributed by atoms with Gasteiger partial charge in [-0.15, -0.1) is 0 Å². The number of hydrogen-bond acceptors (Lipinski definition) is 2. The van der Waals surface area contributed by atoms with Gasteiger partial charge in [0, 0.05) is 6.61 Å². The van der Waals surface area contributed by atoms with Crippen molar-refractivity contribution in [1.29, 1.82) is 0 Å².